The number of halogens is 2. The summed E-state index contributed by atoms with van der Waals surface area (Å²) in [6.45, 7) is 5.20. The summed E-state index contributed by atoms with van der Waals surface area (Å²) in [5.41, 5.74) is 1.01. The molecule has 1 unspecified atom stereocenters. The van der Waals surface area contributed by atoms with E-state index in [2.05, 4.69) is 0 Å². The Bertz CT molecular complexity index is 1120. The predicted octanol–water partition coefficient (Wildman–Crippen LogP) is 5.35. The Morgan fingerprint density at radius 1 is 1.24 bits per heavy atom. The number of fused-ring (bicyclic) bond motifs is 1. The number of hydrogen-bond acceptors (Lipinski definition) is 3. The van der Waals surface area contributed by atoms with Crippen molar-refractivity contribution in [2.24, 2.45) is 5.92 Å². The van der Waals surface area contributed by atoms with Crippen molar-refractivity contribution >= 4 is 34.4 Å². The molecule has 0 amide bonds. The average Bonchev–Trinajstić information content (AvgIpc) is 2.96. The predicted molar refractivity (Wildman–Crippen MR) is 109 cm³/mol. The van der Waals surface area contributed by atoms with E-state index in [1.54, 1.807) is 32.0 Å². The minimum absolute atomic E-state index is 0.0504. The van der Waals surface area contributed by atoms with Crippen LogP contribution in [0.15, 0.2) is 36.4 Å². The molecule has 0 saturated heterocycles. The smallest absolute Gasteiger partial charge is 0.311 e. The fraction of sp³-hybridized carbons (Fsp3) is 0.273. The zero-order chi connectivity index (χ0) is 21.5. The van der Waals surface area contributed by atoms with E-state index >= 15 is 0 Å². The summed E-state index contributed by atoms with van der Waals surface area (Å²) in [6.07, 6.45) is 0.547. The molecular formula is C22H21ClFNO4. The molecule has 1 heterocycles. The molecule has 0 spiro atoms. The molecule has 0 fully saturated rings. The van der Waals surface area contributed by atoms with Gasteiger partial charge in [0, 0.05) is 21.7 Å². The van der Waals surface area contributed by atoms with Crippen molar-refractivity contribution in [3.63, 3.8) is 0 Å². The summed E-state index contributed by atoms with van der Waals surface area (Å²) in [5, 5.41) is 20.1. The highest BCUT2D eigenvalue weighted by atomic mass is 35.5. The number of nitrogens with zero attached hydrogens (tertiary/aromatic N) is 1. The van der Waals surface area contributed by atoms with Crippen LogP contribution < -0.4 is 0 Å². The van der Waals surface area contributed by atoms with Gasteiger partial charge in [-0.05, 0) is 48.7 Å². The van der Waals surface area contributed by atoms with E-state index in [-0.39, 0.29) is 27.9 Å². The van der Waals surface area contributed by atoms with Crippen molar-refractivity contribution in [2.75, 3.05) is 0 Å². The van der Waals surface area contributed by atoms with Crippen molar-refractivity contribution in [1.82, 2.24) is 4.57 Å². The molecule has 0 aliphatic heterocycles. The van der Waals surface area contributed by atoms with Crippen LogP contribution in [0.2, 0.25) is 5.02 Å². The molecule has 2 aromatic carbocycles. The average molecular weight is 418 g/mol. The first-order chi connectivity index (χ1) is 13.7. The van der Waals surface area contributed by atoms with Crippen molar-refractivity contribution in [3.8, 4) is 5.75 Å². The summed E-state index contributed by atoms with van der Waals surface area (Å²) in [7, 11) is 0. The molecule has 0 aliphatic rings. The number of aromatic nitrogens is 1. The molecule has 3 aromatic rings. The van der Waals surface area contributed by atoms with Crippen LogP contribution in [0.5, 0.6) is 5.75 Å². The number of carboxylic acid groups (broad SMARTS) is 1. The van der Waals surface area contributed by atoms with Gasteiger partial charge < -0.3 is 10.2 Å². The van der Waals surface area contributed by atoms with Gasteiger partial charge in [0.1, 0.15) is 0 Å². The van der Waals surface area contributed by atoms with Gasteiger partial charge in [0.25, 0.3) is 5.91 Å². The van der Waals surface area contributed by atoms with E-state index in [9.17, 15) is 24.2 Å². The van der Waals surface area contributed by atoms with E-state index in [4.69, 9.17) is 11.6 Å². The monoisotopic (exact) mass is 417 g/mol. The Labute approximate surface area is 172 Å². The van der Waals surface area contributed by atoms with Crippen LogP contribution in [0.3, 0.4) is 0 Å². The molecule has 3 rings (SSSR count). The molecule has 1 aromatic heterocycles. The number of phenols is 1. The third kappa shape index (κ3) is 3.49. The molecule has 2 N–H and O–H groups in total. The summed E-state index contributed by atoms with van der Waals surface area (Å²) in [6, 6.07) is 8.91. The van der Waals surface area contributed by atoms with Crippen molar-refractivity contribution in [1.29, 1.82) is 0 Å². The van der Waals surface area contributed by atoms with Gasteiger partial charge in [-0.1, -0.05) is 37.9 Å². The lowest BCUT2D eigenvalue weighted by molar-refractivity contribution is -0.140. The molecule has 29 heavy (non-hydrogen) atoms. The molecule has 7 heteroatoms. The van der Waals surface area contributed by atoms with E-state index < -0.39 is 29.4 Å². The minimum Gasteiger partial charge on any atom is -0.505 e. The Morgan fingerprint density at radius 2 is 1.93 bits per heavy atom. The second-order valence-electron chi connectivity index (χ2n) is 7.14. The van der Waals surface area contributed by atoms with Gasteiger partial charge in [-0.25, -0.2) is 4.39 Å². The number of carboxylic acids is 1. The number of hydrogen-bond donors (Lipinski definition) is 2. The van der Waals surface area contributed by atoms with Crippen LogP contribution >= 0.6 is 11.6 Å². The maximum absolute atomic E-state index is 15.0. The Hall–Kier alpha value is -2.86. The van der Waals surface area contributed by atoms with Gasteiger partial charge in [0.2, 0.25) is 0 Å². The molecule has 0 saturated carbocycles. The highest BCUT2D eigenvalue weighted by Gasteiger charge is 2.34. The van der Waals surface area contributed by atoms with E-state index in [0.717, 1.165) is 6.07 Å². The van der Waals surface area contributed by atoms with E-state index in [1.807, 2.05) is 6.92 Å². The third-order valence-electron chi connectivity index (χ3n) is 5.40. The summed E-state index contributed by atoms with van der Waals surface area (Å²) in [5.74, 6) is -4.45. The lowest BCUT2D eigenvalue weighted by Crippen LogP contribution is -2.21. The summed E-state index contributed by atoms with van der Waals surface area (Å²) in [4.78, 5) is 25.3. The maximum atomic E-state index is 15.0. The number of carbonyl (C=O) groups is 2. The topological polar surface area (TPSA) is 79.5 Å². The van der Waals surface area contributed by atoms with Gasteiger partial charge in [0.15, 0.2) is 11.6 Å². The molecule has 0 bridgehead atoms. The molecule has 152 valence electrons. The number of rotatable bonds is 5. The number of carbonyl (C=O) groups excluding carboxylic acids is 1. The van der Waals surface area contributed by atoms with Gasteiger partial charge >= 0.3 is 5.97 Å². The standard InChI is InChI=1S/C22H21ClFNO4/c1-4-11(2)17(22(28)29)18-12(3)25(15-8-9-16(26)20(24)19(15)18)21(27)13-6-5-7-14(23)10-13/h5-11,17,26H,4H2,1-3H3,(H,28,29)/t11?,17-/m0/s1. The van der Waals surface area contributed by atoms with Crippen LogP contribution in [0.25, 0.3) is 10.9 Å². The Balaban J connectivity index is 2.39. The van der Waals surface area contributed by atoms with Crippen LogP contribution in [0.4, 0.5) is 4.39 Å². The lowest BCUT2D eigenvalue weighted by atomic mass is 9.84. The largest absolute Gasteiger partial charge is 0.505 e. The highest BCUT2D eigenvalue weighted by Crippen LogP contribution is 2.40. The van der Waals surface area contributed by atoms with Crippen LogP contribution in [-0.2, 0) is 4.79 Å². The Kier molecular flexibility index (Phi) is 5.66. The number of aromatic hydroxyl groups is 1. The highest BCUT2D eigenvalue weighted by molar-refractivity contribution is 6.31. The van der Waals surface area contributed by atoms with Crippen LogP contribution in [-0.4, -0.2) is 26.7 Å². The molecule has 5 nitrogen and oxygen atoms in total. The fourth-order valence-corrected chi connectivity index (χ4v) is 3.95. The zero-order valence-corrected chi connectivity index (χ0v) is 17.0. The van der Waals surface area contributed by atoms with E-state index in [0.29, 0.717) is 17.1 Å². The fourth-order valence-electron chi connectivity index (χ4n) is 3.76. The zero-order valence-electron chi connectivity index (χ0n) is 16.2. The van der Waals surface area contributed by atoms with Crippen molar-refractivity contribution in [3.05, 3.63) is 64.1 Å². The normalized spacial score (nSPS) is 13.4. The van der Waals surface area contributed by atoms with Crippen molar-refractivity contribution in [2.45, 2.75) is 33.1 Å². The maximum Gasteiger partial charge on any atom is 0.311 e. The van der Waals surface area contributed by atoms with E-state index in [1.165, 1.54) is 16.7 Å². The van der Waals surface area contributed by atoms with Gasteiger partial charge in [-0.3, -0.25) is 14.2 Å². The van der Waals surface area contributed by atoms with Crippen LogP contribution in [0.1, 0.15) is 47.8 Å². The second-order valence-corrected chi connectivity index (χ2v) is 7.58. The summed E-state index contributed by atoms with van der Waals surface area (Å²) < 4.78 is 16.3. The van der Waals surface area contributed by atoms with Gasteiger partial charge in [-0.15, -0.1) is 0 Å². The number of benzene rings is 2. The molecular weight excluding hydrogens is 397 g/mol. The molecule has 0 aliphatic carbocycles. The minimum atomic E-state index is -1.11. The molecule has 2 atom stereocenters. The Morgan fingerprint density at radius 3 is 2.52 bits per heavy atom. The number of aliphatic carboxylic acids is 1. The first-order valence-electron chi connectivity index (χ1n) is 9.24. The SMILES string of the molecule is CCC(C)[C@H](C(=O)O)c1c(C)n(C(=O)c2cccc(Cl)c2)c2ccc(O)c(F)c12. The lowest BCUT2D eigenvalue weighted by Gasteiger charge is -2.20. The second kappa shape index (κ2) is 7.87. The summed E-state index contributed by atoms with van der Waals surface area (Å²) >= 11 is 6.01. The third-order valence-corrected chi connectivity index (χ3v) is 5.63. The first kappa shape index (κ1) is 20.9. The van der Waals surface area contributed by atoms with Gasteiger partial charge in [0.05, 0.1) is 11.4 Å². The molecule has 0 radical (unpaired) electrons. The number of phenolic OH excluding ortho intramolecular Hbond substituents is 1. The van der Waals surface area contributed by atoms with Crippen LogP contribution in [0, 0.1) is 18.7 Å². The first-order valence-corrected chi connectivity index (χ1v) is 9.62. The van der Waals surface area contributed by atoms with Gasteiger partial charge in [-0.2, -0.15) is 0 Å². The van der Waals surface area contributed by atoms with Crippen molar-refractivity contribution < 1.29 is 24.2 Å². The quantitative estimate of drug-likeness (QED) is 0.586.